The minimum atomic E-state index is 0.430. The molecule has 3 atom stereocenters. The van der Waals surface area contributed by atoms with Crippen LogP contribution < -0.4 is 10.1 Å². The zero-order valence-electron chi connectivity index (χ0n) is 18.5. The molecule has 170 valence electrons. The number of halogens is 1. The lowest BCUT2D eigenvalue weighted by Gasteiger charge is -2.22. The van der Waals surface area contributed by atoms with Crippen LogP contribution in [0, 0.1) is 12.8 Å². The Labute approximate surface area is 200 Å². The first-order chi connectivity index (χ1) is 16.6. The normalized spacial score (nSPS) is 21.6. The molecule has 4 heterocycles. The maximum Gasteiger partial charge on any atom is 0.148 e. The van der Waals surface area contributed by atoms with Crippen LogP contribution in [0.3, 0.4) is 0 Å². The first-order valence-corrected chi connectivity index (χ1v) is 11.9. The topological polar surface area (TPSA) is 93.5 Å². The van der Waals surface area contributed by atoms with E-state index in [9.17, 15) is 0 Å². The second-order valence-electron chi connectivity index (χ2n) is 9.22. The van der Waals surface area contributed by atoms with Gasteiger partial charge >= 0.3 is 0 Å². The van der Waals surface area contributed by atoms with Crippen molar-refractivity contribution in [3.8, 4) is 22.8 Å². The number of aryl methyl sites for hydroxylation is 1. The van der Waals surface area contributed by atoms with Crippen molar-refractivity contribution in [3.05, 3.63) is 59.8 Å². The Morgan fingerprint density at radius 2 is 2.00 bits per heavy atom. The number of aromatic nitrogens is 6. The van der Waals surface area contributed by atoms with Gasteiger partial charge in [-0.05, 0) is 49.9 Å². The maximum absolute atomic E-state index is 6.75. The van der Waals surface area contributed by atoms with Crippen molar-refractivity contribution in [1.29, 1.82) is 0 Å². The molecule has 1 saturated carbocycles. The van der Waals surface area contributed by atoms with Gasteiger partial charge in [-0.3, -0.25) is 9.67 Å². The van der Waals surface area contributed by atoms with E-state index in [1.54, 1.807) is 6.20 Å². The number of nitrogens with zero attached hydrogens (tertiary/aromatic N) is 5. The molecule has 3 aromatic heterocycles. The second kappa shape index (κ2) is 7.51. The summed E-state index contributed by atoms with van der Waals surface area (Å²) >= 11 is 6.75. The lowest BCUT2D eigenvalue weighted by molar-refractivity contribution is 0.321. The summed E-state index contributed by atoms with van der Waals surface area (Å²) in [6.07, 6.45) is 8.09. The van der Waals surface area contributed by atoms with Gasteiger partial charge in [0.15, 0.2) is 0 Å². The largest absolute Gasteiger partial charge is 0.456 e. The third kappa shape index (κ3) is 3.25. The molecule has 8 nitrogen and oxygen atoms in total. The number of imidazole rings is 1. The van der Waals surface area contributed by atoms with Crippen LogP contribution in [0.4, 0.5) is 0 Å². The van der Waals surface area contributed by atoms with Crippen LogP contribution in [-0.2, 0) is 0 Å². The number of piperidine rings is 1. The quantitative estimate of drug-likeness (QED) is 0.381. The van der Waals surface area contributed by atoms with Gasteiger partial charge in [-0.1, -0.05) is 11.6 Å². The average Bonchev–Trinajstić information content (AvgIpc) is 3.64. The molecule has 2 bridgehead atoms. The van der Waals surface area contributed by atoms with Crippen molar-refractivity contribution in [2.24, 2.45) is 5.92 Å². The Balaban J connectivity index is 1.21. The van der Waals surface area contributed by atoms with Gasteiger partial charge in [0.2, 0.25) is 0 Å². The molecule has 0 amide bonds. The van der Waals surface area contributed by atoms with Crippen LogP contribution in [0.15, 0.2) is 48.9 Å². The van der Waals surface area contributed by atoms with Crippen molar-refractivity contribution in [2.45, 2.75) is 31.8 Å². The SMILES string of the molecule is Cc1nc2ccc(Oc3ccc4ncc(-c5cnn(C6CC7CC6CN7)c5)nc4c3Cl)cc2[nH]1. The molecule has 34 heavy (non-hydrogen) atoms. The molecule has 7 rings (SSSR count). The molecule has 2 aliphatic rings. The van der Waals surface area contributed by atoms with Crippen molar-refractivity contribution in [1.82, 2.24) is 35.0 Å². The van der Waals surface area contributed by atoms with Gasteiger partial charge < -0.3 is 15.0 Å². The number of hydrogen-bond acceptors (Lipinski definition) is 6. The smallest absolute Gasteiger partial charge is 0.148 e. The molecule has 1 saturated heterocycles. The fourth-order valence-electron chi connectivity index (χ4n) is 5.33. The standard InChI is InChI=1S/C25H22ClN7O/c1-13-30-18-3-2-17(8-20(18)31-13)34-23-5-4-19-25(24(23)26)32-21(11-28-19)15-10-29-33(12-15)22-7-16-6-14(22)9-27-16/h2-5,8,10-12,14,16,22,27H,6-7,9H2,1H3,(H,30,31). The number of ether oxygens (including phenoxy) is 1. The molecule has 9 heteroatoms. The molecule has 2 fully saturated rings. The number of aromatic amines is 1. The van der Waals surface area contributed by atoms with Gasteiger partial charge in [-0.15, -0.1) is 0 Å². The highest BCUT2D eigenvalue weighted by molar-refractivity contribution is 6.36. The molecule has 1 aliphatic heterocycles. The van der Waals surface area contributed by atoms with Crippen molar-refractivity contribution < 1.29 is 4.74 Å². The van der Waals surface area contributed by atoms with E-state index in [1.807, 2.05) is 43.5 Å². The van der Waals surface area contributed by atoms with E-state index in [2.05, 4.69) is 36.2 Å². The third-order valence-corrected chi connectivity index (χ3v) is 7.35. The van der Waals surface area contributed by atoms with E-state index in [1.165, 1.54) is 6.42 Å². The highest BCUT2D eigenvalue weighted by Crippen LogP contribution is 2.40. The molecule has 0 spiro atoms. The number of H-pyrrole nitrogens is 1. The molecular formula is C25H22ClN7O. The molecule has 2 N–H and O–H groups in total. The third-order valence-electron chi connectivity index (χ3n) is 6.98. The van der Waals surface area contributed by atoms with Crippen LogP contribution in [0.5, 0.6) is 11.5 Å². The lowest BCUT2D eigenvalue weighted by atomic mass is 10.0. The second-order valence-corrected chi connectivity index (χ2v) is 9.59. The molecular weight excluding hydrogens is 450 g/mol. The first kappa shape index (κ1) is 19.9. The van der Waals surface area contributed by atoms with Crippen LogP contribution >= 0.6 is 11.6 Å². The van der Waals surface area contributed by atoms with E-state index in [0.29, 0.717) is 45.6 Å². The summed E-state index contributed by atoms with van der Waals surface area (Å²) in [5, 5.41) is 8.64. The zero-order chi connectivity index (χ0) is 22.8. The minimum absolute atomic E-state index is 0.430. The Bertz CT molecular complexity index is 1560. The van der Waals surface area contributed by atoms with E-state index in [0.717, 1.165) is 41.1 Å². The summed E-state index contributed by atoms with van der Waals surface area (Å²) in [4.78, 5) is 17.1. The van der Waals surface area contributed by atoms with E-state index >= 15 is 0 Å². The van der Waals surface area contributed by atoms with E-state index < -0.39 is 0 Å². The van der Waals surface area contributed by atoms with Crippen LogP contribution in [0.25, 0.3) is 33.3 Å². The monoisotopic (exact) mass is 471 g/mol. The van der Waals surface area contributed by atoms with Crippen LogP contribution in [0.1, 0.15) is 24.7 Å². The summed E-state index contributed by atoms with van der Waals surface area (Å²) in [7, 11) is 0. The van der Waals surface area contributed by atoms with Crippen molar-refractivity contribution >= 4 is 33.7 Å². The molecule has 2 aromatic carbocycles. The summed E-state index contributed by atoms with van der Waals surface area (Å²) in [5.74, 6) is 2.71. The number of hydrogen-bond donors (Lipinski definition) is 2. The lowest BCUT2D eigenvalue weighted by Crippen LogP contribution is -2.31. The highest BCUT2D eigenvalue weighted by Gasteiger charge is 2.40. The summed E-state index contributed by atoms with van der Waals surface area (Å²) < 4.78 is 8.21. The fourth-order valence-corrected chi connectivity index (χ4v) is 5.57. The molecule has 1 aliphatic carbocycles. The molecule has 3 unspecified atom stereocenters. The molecule has 5 aromatic rings. The summed E-state index contributed by atoms with van der Waals surface area (Å²) in [5.41, 5.74) is 4.81. The summed E-state index contributed by atoms with van der Waals surface area (Å²) in [6.45, 7) is 3.00. The van der Waals surface area contributed by atoms with Gasteiger partial charge in [-0.2, -0.15) is 5.10 Å². The van der Waals surface area contributed by atoms with E-state index in [4.69, 9.17) is 21.3 Å². The molecule has 0 radical (unpaired) electrons. The van der Waals surface area contributed by atoms with Gasteiger partial charge in [0.05, 0.1) is 40.7 Å². The highest BCUT2D eigenvalue weighted by atomic mass is 35.5. The van der Waals surface area contributed by atoms with Gasteiger partial charge in [0.25, 0.3) is 0 Å². The van der Waals surface area contributed by atoms with Crippen molar-refractivity contribution in [2.75, 3.05) is 6.54 Å². The zero-order valence-corrected chi connectivity index (χ0v) is 19.3. The van der Waals surface area contributed by atoms with Gasteiger partial charge in [-0.25, -0.2) is 9.97 Å². The number of benzene rings is 2. The fraction of sp³-hybridized carbons (Fsp3) is 0.280. The van der Waals surface area contributed by atoms with Gasteiger partial charge in [0.1, 0.15) is 27.9 Å². The predicted octanol–water partition coefficient (Wildman–Crippen LogP) is 5.05. The van der Waals surface area contributed by atoms with Gasteiger partial charge in [0, 0.05) is 30.4 Å². The summed E-state index contributed by atoms with van der Waals surface area (Å²) in [6, 6.07) is 10.5. The Hall–Kier alpha value is -3.49. The van der Waals surface area contributed by atoms with E-state index in [-0.39, 0.29) is 0 Å². The number of rotatable bonds is 4. The number of nitrogens with one attached hydrogen (secondary N) is 2. The maximum atomic E-state index is 6.75. The number of fused-ring (bicyclic) bond motifs is 4. The van der Waals surface area contributed by atoms with Crippen LogP contribution in [0.2, 0.25) is 5.02 Å². The minimum Gasteiger partial charge on any atom is -0.456 e. The Morgan fingerprint density at radius 1 is 1.09 bits per heavy atom. The Kier molecular flexibility index (Phi) is 4.40. The predicted molar refractivity (Wildman–Crippen MR) is 130 cm³/mol. The van der Waals surface area contributed by atoms with Crippen LogP contribution in [-0.4, -0.2) is 42.3 Å². The van der Waals surface area contributed by atoms with Crippen molar-refractivity contribution in [3.63, 3.8) is 0 Å². The first-order valence-electron chi connectivity index (χ1n) is 11.5. The Morgan fingerprint density at radius 3 is 2.85 bits per heavy atom. The average molecular weight is 472 g/mol.